The van der Waals surface area contributed by atoms with Crippen LogP contribution < -0.4 is 0 Å². The summed E-state index contributed by atoms with van der Waals surface area (Å²) >= 11 is 5.91. The summed E-state index contributed by atoms with van der Waals surface area (Å²) in [7, 11) is -7.32. The SMILES string of the molecule is CCS(=O)(=O)CC(=O)c1ccc(CN(Cc2ccccn2)S(=O)(=O)c2ccc(Cl)cc2)cc1. The number of halogens is 1. The number of rotatable bonds is 10. The largest absolute Gasteiger partial charge is 0.293 e. The summed E-state index contributed by atoms with van der Waals surface area (Å²) in [6.07, 6.45) is 1.59. The Hall–Kier alpha value is -2.59. The topological polar surface area (TPSA) is 101 Å². The predicted octanol–water partition coefficient (Wildman–Crippen LogP) is 3.74. The minimum Gasteiger partial charge on any atom is -0.293 e. The maximum absolute atomic E-state index is 13.4. The second kappa shape index (κ2) is 10.6. The van der Waals surface area contributed by atoms with Gasteiger partial charge in [-0.2, -0.15) is 4.31 Å². The number of carbonyl (C=O) groups is 1. The van der Waals surface area contributed by atoms with Gasteiger partial charge in [0.1, 0.15) is 5.75 Å². The molecule has 0 aliphatic rings. The maximum atomic E-state index is 13.4. The fourth-order valence-corrected chi connectivity index (χ4v) is 5.33. The monoisotopic (exact) mass is 506 g/mol. The quantitative estimate of drug-likeness (QED) is 0.388. The normalized spacial score (nSPS) is 12.1. The second-order valence-electron chi connectivity index (χ2n) is 7.34. The fraction of sp³-hybridized carbons (Fsp3) is 0.217. The molecule has 33 heavy (non-hydrogen) atoms. The van der Waals surface area contributed by atoms with Crippen LogP contribution in [0.5, 0.6) is 0 Å². The van der Waals surface area contributed by atoms with Crippen LogP contribution in [-0.4, -0.2) is 43.4 Å². The first-order valence-electron chi connectivity index (χ1n) is 10.1. The van der Waals surface area contributed by atoms with Crippen molar-refractivity contribution in [2.24, 2.45) is 0 Å². The minimum absolute atomic E-state index is 0.0310. The van der Waals surface area contributed by atoms with Crippen LogP contribution in [0, 0.1) is 0 Å². The molecule has 0 spiro atoms. The van der Waals surface area contributed by atoms with E-state index in [-0.39, 0.29) is 29.3 Å². The maximum Gasteiger partial charge on any atom is 0.243 e. The highest BCUT2D eigenvalue weighted by molar-refractivity contribution is 7.92. The molecule has 0 fully saturated rings. The Morgan fingerprint density at radius 3 is 2.15 bits per heavy atom. The van der Waals surface area contributed by atoms with Crippen LogP contribution in [0.25, 0.3) is 0 Å². The molecular weight excluding hydrogens is 484 g/mol. The molecule has 0 bridgehead atoms. The van der Waals surface area contributed by atoms with Crippen molar-refractivity contribution in [2.75, 3.05) is 11.5 Å². The van der Waals surface area contributed by atoms with Crippen LogP contribution in [0.1, 0.15) is 28.5 Å². The molecule has 0 saturated carbocycles. The Balaban J connectivity index is 1.87. The van der Waals surface area contributed by atoms with Crippen LogP contribution in [0.4, 0.5) is 0 Å². The molecule has 7 nitrogen and oxygen atoms in total. The number of nitrogens with zero attached hydrogens (tertiary/aromatic N) is 2. The van der Waals surface area contributed by atoms with Gasteiger partial charge in [-0.25, -0.2) is 16.8 Å². The van der Waals surface area contributed by atoms with Crippen molar-refractivity contribution in [3.05, 3.63) is 94.8 Å². The molecule has 3 aromatic rings. The molecule has 0 radical (unpaired) electrons. The standard InChI is InChI=1S/C23H23ClN2O5S2/c1-2-32(28,29)17-23(27)19-8-6-18(7-9-19)15-26(16-21-5-3-4-14-25-21)33(30,31)22-12-10-20(24)11-13-22/h3-14H,2,15-17H2,1H3. The number of hydrogen-bond donors (Lipinski definition) is 0. The highest BCUT2D eigenvalue weighted by Crippen LogP contribution is 2.22. The number of carbonyl (C=O) groups excluding carboxylic acids is 1. The average molecular weight is 507 g/mol. The highest BCUT2D eigenvalue weighted by Gasteiger charge is 2.25. The van der Waals surface area contributed by atoms with Gasteiger partial charge in [-0.05, 0) is 42.0 Å². The van der Waals surface area contributed by atoms with Gasteiger partial charge in [-0.3, -0.25) is 9.78 Å². The van der Waals surface area contributed by atoms with E-state index < -0.39 is 31.4 Å². The van der Waals surface area contributed by atoms with E-state index in [1.807, 2.05) is 0 Å². The first-order chi connectivity index (χ1) is 15.6. The smallest absolute Gasteiger partial charge is 0.243 e. The van der Waals surface area contributed by atoms with Gasteiger partial charge >= 0.3 is 0 Å². The Bertz CT molecular complexity index is 1310. The van der Waals surface area contributed by atoms with Crippen molar-refractivity contribution < 1.29 is 21.6 Å². The Morgan fingerprint density at radius 1 is 0.909 bits per heavy atom. The lowest BCUT2D eigenvalue weighted by Crippen LogP contribution is -2.30. The number of benzene rings is 2. The molecule has 0 saturated heterocycles. The highest BCUT2D eigenvalue weighted by atomic mass is 35.5. The summed E-state index contributed by atoms with van der Waals surface area (Å²) in [4.78, 5) is 16.6. The zero-order chi connectivity index (χ0) is 24.1. The third-order valence-corrected chi connectivity index (χ3v) is 8.58. The third kappa shape index (κ3) is 6.70. The van der Waals surface area contributed by atoms with E-state index in [0.717, 1.165) is 0 Å². The molecular formula is C23H23ClN2O5S2. The third-order valence-electron chi connectivity index (χ3n) is 4.94. The van der Waals surface area contributed by atoms with Crippen molar-refractivity contribution in [1.82, 2.24) is 9.29 Å². The number of hydrogen-bond acceptors (Lipinski definition) is 6. The van der Waals surface area contributed by atoms with Crippen LogP contribution >= 0.6 is 11.6 Å². The van der Waals surface area contributed by atoms with Crippen LogP contribution in [0.15, 0.2) is 77.8 Å². The average Bonchev–Trinajstić information content (AvgIpc) is 2.80. The zero-order valence-electron chi connectivity index (χ0n) is 17.9. The van der Waals surface area contributed by atoms with Gasteiger partial charge in [-0.1, -0.05) is 48.9 Å². The minimum atomic E-state index is -3.88. The molecule has 0 amide bonds. The summed E-state index contributed by atoms with van der Waals surface area (Å²) in [5.74, 6) is -1.16. The van der Waals surface area contributed by atoms with Gasteiger partial charge in [0.25, 0.3) is 0 Å². The summed E-state index contributed by atoms with van der Waals surface area (Å²) in [6, 6.07) is 17.4. The van der Waals surface area contributed by atoms with Crippen molar-refractivity contribution in [3.63, 3.8) is 0 Å². The van der Waals surface area contributed by atoms with Gasteiger partial charge in [0.15, 0.2) is 15.6 Å². The zero-order valence-corrected chi connectivity index (χ0v) is 20.3. The van der Waals surface area contributed by atoms with Gasteiger partial charge in [-0.15, -0.1) is 0 Å². The molecule has 0 atom stereocenters. The van der Waals surface area contributed by atoms with Crippen LogP contribution in [0.3, 0.4) is 0 Å². The van der Waals surface area contributed by atoms with E-state index in [4.69, 9.17) is 11.6 Å². The number of ketones is 1. The van der Waals surface area contributed by atoms with Crippen molar-refractivity contribution >= 4 is 37.2 Å². The van der Waals surface area contributed by atoms with Gasteiger partial charge < -0.3 is 0 Å². The van der Waals surface area contributed by atoms with Crippen molar-refractivity contribution in [1.29, 1.82) is 0 Å². The van der Waals surface area contributed by atoms with Crippen LogP contribution in [-0.2, 0) is 33.0 Å². The van der Waals surface area contributed by atoms with Crippen molar-refractivity contribution in [2.45, 2.75) is 24.9 Å². The molecule has 2 aromatic carbocycles. The van der Waals surface area contributed by atoms with E-state index in [9.17, 15) is 21.6 Å². The number of Topliss-reactive ketones (excluding diaryl/α,β-unsaturated/α-hetero) is 1. The molecule has 3 rings (SSSR count). The lowest BCUT2D eigenvalue weighted by Gasteiger charge is -2.22. The van der Waals surface area contributed by atoms with E-state index in [1.54, 1.807) is 36.5 Å². The number of sulfonamides is 1. The Kier molecular flexibility index (Phi) is 8.01. The molecule has 1 heterocycles. The first-order valence-corrected chi connectivity index (χ1v) is 13.7. The summed E-state index contributed by atoms with van der Waals surface area (Å²) in [5.41, 5.74) is 1.47. The first kappa shape index (κ1) is 25.0. The summed E-state index contributed by atoms with van der Waals surface area (Å²) in [5, 5.41) is 0.426. The second-order valence-corrected chi connectivity index (χ2v) is 12.1. The van der Waals surface area contributed by atoms with E-state index >= 15 is 0 Å². The number of pyridine rings is 1. The fourth-order valence-electron chi connectivity index (χ4n) is 3.04. The Labute approximate surface area is 199 Å². The number of aromatic nitrogens is 1. The summed E-state index contributed by atoms with van der Waals surface area (Å²) < 4.78 is 51.4. The molecule has 0 unspecified atom stereocenters. The molecule has 10 heteroatoms. The van der Waals surface area contributed by atoms with Crippen molar-refractivity contribution in [3.8, 4) is 0 Å². The van der Waals surface area contributed by atoms with E-state index in [0.29, 0.717) is 16.3 Å². The molecule has 0 N–H and O–H groups in total. The van der Waals surface area contributed by atoms with Gasteiger partial charge in [0.2, 0.25) is 10.0 Å². The van der Waals surface area contributed by atoms with E-state index in [2.05, 4.69) is 4.98 Å². The van der Waals surface area contributed by atoms with Gasteiger partial charge in [0, 0.05) is 29.1 Å². The molecule has 1 aromatic heterocycles. The van der Waals surface area contributed by atoms with Gasteiger partial charge in [0.05, 0.1) is 17.1 Å². The lowest BCUT2D eigenvalue weighted by atomic mass is 10.1. The number of sulfone groups is 1. The molecule has 0 aliphatic heterocycles. The van der Waals surface area contributed by atoms with Crippen LogP contribution in [0.2, 0.25) is 5.02 Å². The molecule has 0 aliphatic carbocycles. The lowest BCUT2D eigenvalue weighted by molar-refractivity contribution is 0.102. The Morgan fingerprint density at radius 2 is 1.58 bits per heavy atom. The van der Waals surface area contributed by atoms with E-state index in [1.165, 1.54) is 47.6 Å². The molecule has 174 valence electrons. The predicted molar refractivity (Wildman–Crippen MR) is 127 cm³/mol. The summed E-state index contributed by atoms with van der Waals surface area (Å²) in [6.45, 7) is 1.56.